The number of hydrogen-bond acceptors (Lipinski definition) is 4. The molecule has 3 unspecified atom stereocenters. The Labute approximate surface area is 191 Å². The van der Waals surface area contributed by atoms with E-state index >= 15 is 0 Å². The van der Waals surface area contributed by atoms with E-state index in [1.807, 2.05) is 6.07 Å². The number of hydrogen-bond donors (Lipinski definition) is 2. The number of nitrogens with one attached hydrogen (secondary N) is 2. The number of aliphatic imine (C=N–C) groups is 1. The molecule has 7 heteroatoms. The van der Waals surface area contributed by atoms with E-state index in [1.54, 1.807) is 0 Å². The van der Waals surface area contributed by atoms with E-state index in [0.717, 1.165) is 37.8 Å². The van der Waals surface area contributed by atoms with Gasteiger partial charge in [-0.3, -0.25) is 9.89 Å². The van der Waals surface area contributed by atoms with Crippen LogP contribution in [0.25, 0.3) is 0 Å². The van der Waals surface area contributed by atoms with E-state index in [4.69, 9.17) is 14.5 Å². The standard InChI is InChI=1S/C22H34N4O2.HI/c1-4-23-21(24-13-17-14-26-11-7-8-16(26)15-27-17)25-19-12-22(2,3)28-20-10-6-5-9-18(19)20;/h5-6,9-10,16-17,19H,4,7-8,11-15H2,1-3H3,(H2,23,24,25);1H. The number of rotatable bonds is 4. The minimum Gasteiger partial charge on any atom is -0.487 e. The third-order valence-electron chi connectivity index (χ3n) is 5.95. The van der Waals surface area contributed by atoms with Crippen LogP contribution in [0.3, 0.4) is 0 Å². The van der Waals surface area contributed by atoms with Gasteiger partial charge in [-0.15, -0.1) is 24.0 Å². The number of nitrogens with zero attached hydrogens (tertiary/aromatic N) is 2. The van der Waals surface area contributed by atoms with E-state index in [9.17, 15) is 0 Å². The molecule has 2 N–H and O–H groups in total. The van der Waals surface area contributed by atoms with Crippen molar-refractivity contribution in [2.45, 2.75) is 63.8 Å². The minimum atomic E-state index is -0.208. The van der Waals surface area contributed by atoms with Crippen LogP contribution in [0.5, 0.6) is 5.75 Å². The Bertz CT molecular complexity index is 712. The lowest BCUT2D eigenvalue weighted by Gasteiger charge is -2.38. The van der Waals surface area contributed by atoms with Crippen LogP contribution in [-0.2, 0) is 4.74 Å². The van der Waals surface area contributed by atoms with Crippen molar-refractivity contribution in [2.24, 2.45) is 4.99 Å². The number of ether oxygens (including phenoxy) is 2. The van der Waals surface area contributed by atoms with E-state index < -0.39 is 0 Å². The molecule has 3 heterocycles. The number of morpholine rings is 1. The van der Waals surface area contributed by atoms with E-state index in [-0.39, 0.29) is 41.7 Å². The summed E-state index contributed by atoms with van der Waals surface area (Å²) in [5, 5.41) is 7.05. The average Bonchev–Trinajstić information content (AvgIpc) is 3.13. The lowest BCUT2D eigenvalue weighted by molar-refractivity contribution is -0.0432. The van der Waals surface area contributed by atoms with Gasteiger partial charge in [0.25, 0.3) is 0 Å². The summed E-state index contributed by atoms with van der Waals surface area (Å²) in [5.74, 6) is 1.81. The first-order valence-electron chi connectivity index (χ1n) is 10.7. The lowest BCUT2D eigenvalue weighted by Crippen LogP contribution is -2.48. The number of guanidine groups is 1. The summed E-state index contributed by atoms with van der Waals surface area (Å²) in [5.41, 5.74) is 0.988. The zero-order valence-electron chi connectivity index (χ0n) is 17.8. The van der Waals surface area contributed by atoms with Gasteiger partial charge in [-0.2, -0.15) is 0 Å². The Morgan fingerprint density at radius 2 is 2.14 bits per heavy atom. The third-order valence-corrected chi connectivity index (χ3v) is 5.95. The fourth-order valence-corrected chi connectivity index (χ4v) is 4.61. The second-order valence-electron chi connectivity index (χ2n) is 8.77. The summed E-state index contributed by atoms with van der Waals surface area (Å²) < 4.78 is 12.2. The summed E-state index contributed by atoms with van der Waals surface area (Å²) in [7, 11) is 0. The molecule has 1 aromatic carbocycles. The van der Waals surface area contributed by atoms with Crippen LogP contribution in [0, 0.1) is 0 Å². The fourth-order valence-electron chi connectivity index (χ4n) is 4.61. The van der Waals surface area contributed by atoms with Crippen LogP contribution in [0.2, 0.25) is 0 Å². The monoisotopic (exact) mass is 514 g/mol. The Morgan fingerprint density at radius 1 is 1.31 bits per heavy atom. The van der Waals surface area contributed by atoms with Crippen LogP contribution in [0.1, 0.15) is 51.6 Å². The van der Waals surface area contributed by atoms with Crippen LogP contribution in [-0.4, -0.2) is 61.4 Å². The maximum Gasteiger partial charge on any atom is 0.191 e. The molecule has 6 nitrogen and oxygen atoms in total. The van der Waals surface area contributed by atoms with Gasteiger partial charge < -0.3 is 20.1 Å². The molecular formula is C22H35IN4O2. The van der Waals surface area contributed by atoms with Crippen LogP contribution in [0.4, 0.5) is 0 Å². The molecule has 4 rings (SSSR count). The van der Waals surface area contributed by atoms with Gasteiger partial charge in [0, 0.05) is 31.1 Å². The smallest absolute Gasteiger partial charge is 0.191 e. The van der Waals surface area contributed by atoms with Crippen molar-refractivity contribution >= 4 is 29.9 Å². The topological polar surface area (TPSA) is 58.1 Å². The Hall–Kier alpha value is -1.06. The van der Waals surface area contributed by atoms with Gasteiger partial charge in [-0.1, -0.05) is 18.2 Å². The van der Waals surface area contributed by atoms with Gasteiger partial charge >= 0.3 is 0 Å². The third kappa shape index (κ3) is 5.55. The predicted octanol–water partition coefficient (Wildman–Crippen LogP) is 3.33. The van der Waals surface area contributed by atoms with Crippen molar-refractivity contribution in [3.63, 3.8) is 0 Å². The molecule has 0 radical (unpaired) electrons. The van der Waals surface area contributed by atoms with Gasteiger partial charge in [-0.05, 0) is 46.2 Å². The van der Waals surface area contributed by atoms with Crippen LogP contribution < -0.4 is 15.4 Å². The SMILES string of the molecule is CCNC(=NCC1CN2CCCC2CO1)NC1CC(C)(C)Oc2ccccc21.I. The number of benzene rings is 1. The van der Waals surface area contributed by atoms with Gasteiger partial charge in [0.2, 0.25) is 0 Å². The summed E-state index contributed by atoms with van der Waals surface area (Å²) >= 11 is 0. The molecule has 3 aliphatic heterocycles. The first-order chi connectivity index (χ1) is 13.5. The molecule has 2 saturated heterocycles. The zero-order chi connectivity index (χ0) is 19.6. The largest absolute Gasteiger partial charge is 0.487 e. The first kappa shape index (κ1) is 22.6. The molecular weight excluding hydrogens is 479 g/mol. The summed E-state index contributed by atoms with van der Waals surface area (Å²) in [4.78, 5) is 7.44. The zero-order valence-corrected chi connectivity index (χ0v) is 20.1. The maximum atomic E-state index is 6.16. The Kier molecular flexibility index (Phi) is 7.67. The average molecular weight is 514 g/mol. The van der Waals surface area contributed by atoms with Gasteiger partial charge in [0.15, 0.2) is 5.96 Å². The highest BCUT2D eigenvalue weighted by molar-refractivity contribution is 14.0. The highest BCUT2D eigenvalue weighted by Gasteiger charge is 2.34. The van der Waals surface area contributed by atoms with Crippen molar-refractivity contribution in [2.75, 3.05) is 32.8 Å². The van der Waals surface area contributed by atoms with E-state index in [1.165, 1.54) is 24.9 Å². The molecule has 3 atom stereocenters. The number of halogens is 1. The Balaban J connectivity index is 0.00000240. The number of para-hydroxylation sites is 1. The van der Waals surface area contributed by atoms with E-state index in [0.29, 0.717) is 12.6 Å². The molecule has 162 valence electrons. The highest BCUT2D eigenvalue weighted by atomic mass is 127. The molecule has 0 amide bonds. The van der Waals surface area contributed by atoms with Crippen molar-refractivity contribution < 1.29 is 9.47 Å². The molecule has 0 saturated carbocycles. The summed E-state index contributed by atoms with van der Waals surface area (Å²) in [6.45, 7) is 11.0. The van der Waals surface area contributed by atoms with Gasteiger partial charge in [0.1, 0.15) is 11.4 Å². The minimum absolute atomic E-state index is 0. The molecule has 29 heavy (non-hydrogen) atoms. The van der Waals surface area contributed by atoms with Crippen molar-refractivity contribution in [3.8, 4) is 5.75 Å². The summed E-state index contributed by atoms with van der Waals surface area (Å²) in [6, 6.07) is 9.10. The Morgan fingerprint density at radius 3 is 2.97 bits per heavy atom. The predicted molar refractivity (Wildman–Crippen MR) is 127 cm³/mol. The lowest BCUT2D eigenvalue weighted by atomic mass is 9.90. The quantitative estimate of drug-likeness (QED) is 0.367. The molecule has 1 aromatic rings. The normalized spacial score (nSPS) is 28.5. The van der Waals surface area contributed by atoms with Crippen molar-refractivity contribution in [3.05, 3.63) is 29.8 Å². The van der Waals surface area contributed by atoms with Crippen LogP contribution in [0.15, 0.2) is 29.3 Å². The second-order valence-corrected chi connectivity index (χ2v) is 8.77. The van der Waals surface area contributed by atoms with Crippen molar-refractivity contribution in [1.29, 1.82) is 0 Å². The maximum absolute atomic E-state index is 6.16. The molecule has 0 aromatic heterocycles. The first-order valence-corrected chi connectivity index (χ1v) is 10.7. The molecule has 3 aliphatic rings. The van der Waals surface area contributed by atoms with E-state index in [2.05, 4.69) is 54.5 Å². The molecule has 0 spiro atoms. The van der Waals surface area contributed by atoms with Crippen molar-refractivity contribution in [1.82, 2.24) is 15.5 Å². The highest BCUT2D eigenvalue weighted by Crippen LogP contribution is 2.39. The second kappa shape index (κ2) is 9.83. The number of fused-ring (bicyclic) bond motifs is 2. The molecule has 0 aliphatic carbocycles. The van der Waals surface area contributed by atoms with Gasteiger partial charge in [-0.25, -0.2) is 0 Å². The fraction of sp³-hybridized carbons (Fsp3) is 0.682. The summed E-state index contributed by atoms with van der Waals surface area (Å²) in [6.07, 6.45) is 3.65. The van der Waals surface area contributed by atoms with Gasteiger partial charge in [0.05, 0.1) is 25.3 Å². The van der Waals surface area contributed by atoms with Crippen LogP contribution >= 0.6 is 24.0 Å². The molecule has 2 fully saturated rings. The molecule has 0 bridgehead atoms.